The summed E-state index contributed by atoms with van der Waals surface area (Å²) in [5.74, 6) is -0.255. The lowest BCUT2D eigenvalue weighted by atomic mass is 10.1. The van der Waals surface area contributed by atoms with Gasteiger partial charge in [-0.05, 0) is 31.2 Å². The third kappa shape index (κ3) is 1.89. The maximum atomic E-state index is 12.3. The fourth-order valence-corrected chi connectivity index (χ4v) is 2.61. The summed E-state index contributed by atoms with van der Waals surface area (Å²) in [7, 11) is 0. The van der Waals surface area contributed by atoms with E-state index in [-0.39, 0.29) is 17.7 Å². The fraction of sp³-hybridized carbons (Fsp3) is 0.357. The summed E-state index contributed by atoms with van der Waals surface area (Å²) >= 11 is 0. The van der Waals surface area contributed by atoms with Crippen LogP contribution in [0.2, 0.25) is 0 Å². The summed E-state index contributed by atoms with van der Waals surface area (Å²) in [5.41, 5.74) is 1.08. The zero-order valence-corrected chi connectivity index (χ0v) is 11.1. The number of nitrogens with one attached hydrogen (secondary N) is 1. The summed E-state index contributed by atoms with van der Waals surface area (Å²) in [6.07, 6.45) is 0. The molecule has 3 rings (SSSR count). The lowest BCUT2D eigenvalue weighted by Crippen LogP contribution is -2.51. The van der Waals surface area contributed by atoms with E-state index in [2.05, 4.69) is 5.32 Å². The molecule has 3 amide bonds. The molecule has 104 valence electrons. The number of piperazine rings is 1. The zero-order chi connectivity index (χ0) is 14.3. The molecule has 2 saturated heterocycles. The van der Waals surface area contributed by atoms with Gasteiger partial charge in [0.1, 0.15) is 6.04 Å². The number of amides is 3. The third-order valence-corrected chi connectivity index (χ3v) is 3.72. The second kappa shape index (κ2) is 4.72. The number of nitrogens with zero attached hydrogens (tertiary/aromatic N) is 2. The number of benzene rings is 1. The molecule has 0 bridgehead atoms. The van der Waals surface area contributed by atoms with Crippen LogP contribution >= 0.6 is 0 Å². The summed E-state index contributed by atoms with van der Waals surface area (Å²) in [6.45, 7) is 3.21. The van der Waals surface area contributed by atoms with E-state index in [1.165, 1.54) is 11.8 Å². The van der Waals surface area contributed by atoms with Crippen molar-refractivity contribution in [2.45, 2.75) is 13.0 Å². The smallest absolute Gasteiger partial charge is 0.312 e. The molecule has 2 heterocycles. The monoisotopic (exact) mass is 273 g/mol. The molecule has 2 aliphatic rings. The van der Waals surface area contributed by atoms with Crippen LogP contribution < -0.4 is 10.2 Å². The van der Waals surface area contributed by atoms with Gasteiger partial charge in [-0.25, -0.2) is 9.69 Å². The molecule has 1 N–H and O–H groups in total. The van der Waals surface area contributed by atoms with Crippen molar-refractivity contribution in [3.05, 3.63) is 29.8 Å². The van der Waals surface area contributed by atoms with Crippen molar-refractivity contribution in [2.75, 3.05) is 24.5 Å². The fourth-order valence-electron chi connectivity index (χ4n) is 2.61. The Morgan fingerprint density at radius 1 is 1.25 bits per heavy atom. The molecule has 0 saturated carbocycles. The average molecular weight is 273 g/mol. The van der Waals surface area contributed by atoms with E-state index in [4.69, 9.17) is 0 Å². The molecular weight excluding hydrogens is 258 g/mol. The number of carbonyl (C=O) groups excluding carboxylic acids is 3. The number of urea groups is 1. The van der Waals surface area contributed by atoms with Crippen LogP contribution in [0.4, 0.5) is 10.5 Å². The molecule has 1 aromatic rings. The number of fused-ring (bicyclic) bond motifs is 1. The summed E-state index contributed by atoms with van der Waals surface area (Å²) < 4.78 is 0. The highest BCUT2D eigenvalue weighted by Crippen LogP contribution is 2.26. The number of Topliss-reactive ketones (excluding diaryl/α,β-unsaturated/α-hetero) is 1. The van der Waals surface area contributed by atoms with Crippen LogP contribution in [0.15, 0.2) is 24.3 Å². The van der Waals surface area contributed by atoms with E-state index < -0.39 is 6.04 Å². The van der Waals surface area contributed by atoms with Crippen LogP contribution in [-0.2, 0) is 4.79 Å². The van der Waals surface area contributed by atoms with Gasteiger partial charge in [0.2, 0.25) is 0 Å². The predicted molar refractivity (Wildman–Crippen MR) is 72.7 cm³/mol. The minimum atomic E-state index is -0.413. The van der Waals surface area contributed by atoms with Crippen molar-refractivity contribution < 1.29 is 14.4 Å². The Labute approximate surface area is 116 Å². The minimum Gasteiger partial charge on any atom is -0.312 e. The molecule has 20 heavy (non-hydrogen) atoms. The van der Waals surface area contributed by atoms with Gasteiger partial charge in [-0.1, -0.05) is 0 Å². The Balaban J connectivity index is 1.91. The maximum absolute atomic E-state index is 12.3. The zero-order valence-electron chi connectivity index (χ0n) is 11.1. The second-order valence-corrected chi connectivity index (χ2v) is 4.97. The molecular formula is C14H15N3O3. The van der Waals surface area contributed by atoms with Crippen molar-refractivity contribution in [2.24, 2.45) is 0 Å². The number of rotatable bonds is 2. The summed E-state index contributed by atoms with van der Waals surface area (Å²) in [4.78, 5) is 38.7. The molecule has 0 radical (unpaired) electrons. The first-order chi connectivity index (χ1) is 9.59. The van der Waals surface area contributed by atoms with Crippen LogP contribution in [0.25, 0.3) is 0 Å². The van der Waals surface area contributed by atoms with Gasteiger partial charge in [-0.15, -0.1) is 0 Å². The molecule has 2 fully saturated rings. The Morgan fingerprint density at radius 2 is 1.95 bits per heavy atom. The van der Waals surface area contributed by atoms with Gasteiger partial charge in [0.05, 0.1) is 5.69 Å². The average Bonchev–Trinajstić information content (AvgIpc) is 2.72. The van der Waals surface area contributed by atoms with E-state index >= 15 is 0 Å². The summed E-state index contributed by atoms with van der Waals surface area (Å²) in [5, 5.41) is 3.12. The van der Waals surface area contributed by atoms with E-state index in [0.717, 1.165) is 0 Å². The lowest BCUT2D eigenvalue weighted by Gasteiger charge is -2.26. The van der Waals surface area contributed by atoms with Gasteiger partial charge < -0.3 is 10.2 Å². The van der Waals surface area contributed by atoms with E-state index in [9.17, 15) is 14.4 Å². The topological polar surface area (TPSA) is 69.7 Å². The SMILES string of the molecule is CC(=O)c1ccc(N2C(=O)[C@@H]3CNCCN3C2=O)cc1. The van der Waals surface area contributed by atoms with Crippen LogP contribution in [-0.4, -0.2) is 48.3 Å². The molecule has 1 aromatic carbocycles. The van der Waals surface area contributed by atoms with Gasteiger partial charge in [0, 0.05) is 25.2 Å². The van der Waals surface area contributed by atoms with Crippen LogP contribution in [0.5, 0.6) is 0 Å². The number of hydrogen-bond acceptors (Lipinski definition) is 4. The van der Waals surface area contributed by atoms with Gasteiger partial charge >= 0.3 is 6.03 Å². The number of imide groups is 1. The molecule has 0 spiro atoms. The van der Waals surface area contributed by atoms with Crippen LogP contribution in [0.3, 0.4) is 0 Å². The highest BCUT2D eigenvalue weighted by Gasteiger charge is 2.46. The Morgan fingerprint density at radius 3 is 2.55 bits per heavy atom. The molecule has 0 unspecified atom stereocenters. The van der Waals surface area contributed by atoms with Gasteiger partial charge in [0.15, 0.2) is 5.78 Å². The normalized spacial score (nSPS) is 22.1. The number of hydrogen-bond donors (Lipinski definition) is 1. The summed E-state index contributed by atoms with van der Waals surface area (Å²) in [6, 6.07) is 5.85. The molecule has 2 aliphatic heterocycles. The van der Waals surface area contributed by atoms with Crippen molar-refractivity contribution >= 4 is 23.4 Å². The van der Waals surface area contributed by atoms with Gasteiger partial charge in [-0.2, -0.15) is 0 Å². The molecule has 0 aromatic heterocycles. The first-order valence-electron chi connectivity index (χ1n) is 6.56. The highest BCUT2D eigenvalue weighted by atomic mass is 16.2. The quantitative estimate of drug-likeness (QED) is 0.634. The standard InChI is InChI=1S/C14H15N3O3/c1-9(18)10-2-4-11(5-3-10)17-13(19)12-8-15-6-7-16(12)14(17)20/h2-5,12,15H,6-8H2,1H3/t12-/m0/s1. The maximum Gasteiger partial charge on any atom is 0.332 e. The first kappa shape index (κ1) is 12.8. The van der Waals surface area contributed by atoms with Crippen molar-refractivity contribution in [1.82, 2.24) is 10.2 Å². The molecule has 0 aliphatic carbocycles. The second-order valence-electron chi connectivity index (χ2n) is 4.97. The Kier molecular flexibility index (Phi) is 3.02. The Bertz CT molecular complexity index is 558. The minimum absolute atomic E-state index is 0.0442. The lowest BCUT2D eigenvalue weighted by molar-refractivity contribution is -0.120. The number of ketones is 1. The van der Waals surface area contributed by atoms with Crippen molar-refractivity contribution in [1.29, 1.82) is 0 Å². The van der Waals surface area contributed by atoms with Crippen LogP contribution in [0, 0.1) is 0 Å². The highest BCUT2D eigenvalue weighted by molar-refractivity contribution is 6.21. The molecule has 6 heteroatoms. The third-order valence-electron chi connectivity index (χ3n) is 3.72. The Hall–Kier alpha value is -2.21. The largest absolute Gasteiger partial charge is 0.332 e. The molecule has 1 atom stereocenters. The van der Waals surface area contributed by atoms with E-state index in [0.29, 0.717) is 30.9 Å². The van der Waals surface area contributed by atoms with E-state index in [1.807, 2.05) is 0 Å². The van der Waals surface area contributed by atoms with Crippen molar-refractivity contribution in [3.8, 4) is 0 Å². The first-order valence-corrected chi connectivity index (χ1v) is 6.56. The van der Waals surface area contributed by atoms with Gasteiger partial charge in [-0.3, -0.25) is 9.59 Å². The van der Waals surface area contributed by atoms with Crippen LogP contribution in [0.1, 0.15) is 17.3 Å². The van der Waals surface area contributed by atoms with Crippen molar-refractivity contribution in [3.63, 3.8) is 0 Å². The van der Waals surface area contributed by atoms with E-state index in [1.54, 1.807) is 29.2 Å². The number of carbonyl (C=O) groups is 3. The predicted octanol–water partition coefficient (Wildman–Crippen LogP) is 0.630. The number of anilines is 1. The van der Waals surface area contributed by atoms with Gasteiger partial charge in [0.25, 0.3) is 5.91 Å². The molecule has 6 nitrogen and oxygen atoms in total.